The number of nitrogens with zero attached hydrogens (tertiary/aromatic N) is 2. The molecule has 1 aromatic heterocycles. The minimum absolute atomic E-state index is 0.0574. The highest BCUT2D eigenvalue weighted by Crippen LogP contribution is 2.31. The molecule has 0 atom stereocenters. The van der Waals surface area contributed by atoms with E-state index in [1.54, 1.807) is 0 Å². The number of hydrogen-bond acceptors (Lipinski definition) is 3. The zero-order chi connectivity index (χ0) is 19.5. The average molecular weight is 378 g/mol. The van der Waals surface area contributed by atoms with E-state index >= 15 is 0 Å². The molecule has 146 valence electrons. The molecule has 1 aliphatic rings. The highest BCUT2D eigenvalue weighted by Gasteiger charge is 2.21. The summed E-state index contributed by atoms with van der Waals surface area (Å²) in [6.07, 6.45) is 2.01. The van der Waals surface area contributed by atoms with Crippen molar-refractivity contribution in [3.63, 3.8) is 0 Å². The summed E-state index contributed by atoms with van der Waals surface area (Å²) in [5, 5.41) is 1.09. The number of fused-ring (bicyclic) bond motifs is 2. The minimum Gasteiger partial charge on any atom is -0.486 e. The second-order valence-electron chi connectivity index (χ2n) is 7.21. The molecule has 0 bridgehead atoms. The molecule has 2 aromatic carbocycles. The van der Waals surface area contributed by atoms with Crippen LogP contribution in [0.25, 0.3) is 10.9 Å². The maximum atomic E-state index is 13.4. The van der Waals surface area contributed by atoms with E-state index in [4.69, 9.17) is 9.47 Å². The molecule has 2 heterocycles. The number of rotatable bonds is 6. The van der Waals surface area contributed by atoms with Gasteiger partial charge in [-0.2, -0.15) is 0 Å². The molecule has 0 unspecified atom stereocenters. The van der Waals surface area contributed by atoms with Gasteiger partial charge in [-0.1, -0.05) is 37.6 Å². The fourth-order valence-corrected chi connectivity index (χ4v) is 3.66. The van der Waals surface area contributed by atoms with Gasteiger partial charge in [-0.05, 0) is 36.2 Å². The number of hydrogen-bond donors (Lipinski definition) is 0. The van der Waals surface area contributed by atoms with Crippen molar-refractivity contribution < 1.29 is 14.3 Å². The highest BCUT2D eigenvalue weighted by atomic mass is 16.6. The van der Waals surface area contributed by atoms with Crippen LogP contribution in [0.15, 0.2) is 48.5 Å². The number of para-hydroxylation sites is 1. The van der Waals surface area contributed by atoms with E-state index in [0.717, 1.165) is 53.0 Å². The summed E-state index contributed by atoms with van der Waals surface area (Å²) in [6.45, 7) is 4.56. The highest BCUT2D eigenvalue weighted by molar-refractivity contribution is 5.98. The van der Waals surface area contributed by atoms with Crippen LogP contribution in [-0.2, 0) is 13.6 Å². The Morgan fingerprint density at radius 2 is 1.86 bits per heavy atom. The van der Waals surface area contributed by atoms with Gasteiger partial charge in [0.15, 0.2) is 11.5 Å². The number of ether oxygens (including phenoxy) is 2. The van der Waals surface area contributed by atoms with Crippen LogP contribution >= 0.6 is 0 Å². The summed E-state index contributed by atoms with van der Waals surface area (Å²) >= 11 is 0. The van der Waals surface area contributed by atoms with E-state index in [9.17, 15) is 4.79 Å². The van der Waals surface area contributed by atoms with E-state index in [-0.39, 0.29) is 5.91 Å². The SMILES string of the molecule is CCCCN(Cc1ccc2c(c1)OCCO2)C(=O)c1cc2ccccc2n1C. The van der Waals surface area contributed by atoms with Crippen molar-refractivity contribution >= 4 is 16.8 Å². The summed E-state index contributed by atoms with van der Waals surface area (Å²) in [6, 6.07) is 16.0. The third kappa shape index (κ3) is 3.57. The molecule has 0 fully saturated rings. The first kappa shape index (κ1) is 18.4. The van der Waals surface area contributed by atoms with E-state index in [2.05, 4.69) is 6.92 Å². The smallest absolute Gasteiger partial charge is 0.270 e. The fraction of sp³-hybridized carbons (Fsp3) is 0.348. The first-order chi connectivity index (χ1) is 13.7. The van der Waals surface area contributed by atoms with Crippen LogP contribution in [0.4, 0.5) is 0 Å². The van der Waals surface area contributed by atoms with Crippen molar-refractivity contribution in [2.24, 2.45) is 7.05 Å². The molecule has 1 aliphatic heterocycles. The van der Waals surface area contributed by atoms with Gasteiger partial charge in [0.2, 0.25) is 0 Å². The molecule has 3 aromatic rings. The first-order valence-corrected chi connectivity index (χ1v) is 9.89. The van der Waals surface area contributed by atoms with Crippen LogP contribution in [-0.4, -0.2) is 35.1 Å². The number of carbonyl (C=O) groups excluding carboxylic acids is 1. The van der Waals surface area contributed by atoms with Crippen molar-refractivity contribution in [2.75, 3.05) is 19.8 Å². The van der Waals surface area contributed by atoms with Crippen molar-refractivity contribution in [3.8, 4) is 11.5 Å². The van der Waals surface area contributed by atoms with Gasteiger partial charge in [-0.3, -0.25) is 4.79 Å². The van der Waals surface area contributed by atoms with Gasteiger partial charge >= 0.3 is 0 Å². The number of aromatic nitrogens is 1. The number of amides is 1. The molecule has 0 aliphatic carbocycles. The van der Waals surface area contributed by atoms with Crippen LogP contribution in [0.2, 0.25) is 0 Å². The van der Waals surface area contributed by atoms with Crippen LogP contribution in [0.3, 0.4) is 0 Å². The Hall–Kier alpha value is -2.95. The first-order valence-electron chi connectivity index (χ1n) is 9.89. The molecule has 0 saturated carbocycles. The second kappa shape index (κ2) is 7.97. The third-order valence-electron chi connectivity index (χ3n) is 5.22. The molecule has 1 amide bonds. The molecule has 0 N–H and O–H groups in total. The molecule has 5 nitrogen and oxygen atoms in total. The Morgan fingerprint density at radius 3 is 2.64 bits per heavy atom. The van der Waals surface area contributed by atoms with Gasteiger partial charge in [0.1, 0.15) is 18.9 Å². The van der Waals surface area contributed by atoms with Gasteiger partial charge in [0.05, 0.1) is 0 Å². The zero-order valence-electron chi connectivity index (χ0n) is 16.5. The number of unbranched alkanes of at least 4 members (excludes halogenated alkanes) is 1. The third-order valence-corrected chi connectivity index (χ3v) is 5.22. The Bertz CT molecular complexity index is 993. The Kier molecular flexibility index (Phi) is 5.24. The molecular weight excluding hydrogens is 352 g/mol. The lowest BCUT2D eigenvalue weighted by Gasteiger charge is -2.24. The van der Waals surface area contributed by atoms with Gasteiger partial charge < -0.3 is 18.9 Å². The summed E-state index contributed by atoms with van der Waals surface area (Å²) in [5.41, 5.74) is 2.84. The molecule has 0 saturated heterocycles. The summed E-state index contributed by atoms with van der Waals surface area (Å²) in [4.78, 5) is 15.3. The predicted octanol–water partition coefficient (Wildman–Crippen LogP) is 4.39. The van der Waals surface area contributed by atoms with Gasteiger partial charge in [-0.25, -0.2) is 0 Å². The van der Waals surface area contributed by atoms with Crippen LogP contribution in [0.5, 0.6) is 11.5 Å². The number of aryl methyl sites for hydroxylation is 1. The van der Waals surface area contributed by atoms with Crippen LogP contribution in [0.1, 0.15) is 35.8 Å². The Labute approximate surface area is 165 Å². The monoisotopic (exact) mass is 378 g/mol. The van der Waals surface area contributed by atoms with Crippen molar-refractivity contribution in [2.45, 2.75) is 26.3 Å². The lowest BCUT2D eigenvalue weighted by Crippen LogP contribution is -2.32. The summed E-state index contributed by atoms with van der Waals surface area (Å²) in [5.74, 6) is 1.59. The summed E-state index contributed by atoms with van der Waals surface area (Å²) in [7, 11) is 1.96. The molecule has 5 heteroatoms. The van der Waals surface area contributed by atoms with Crippen LogP contribution < -0.4 is 9.47 Å². The standard InChI is InChI=1S/C23H26N2O3/c1-3-4-11-25(16-17-9-10-21-22(14-17)28-13-12-27-21)23(26)20-15-18-7-5-6-8-19(18)24(20)2/h5-10,14-15H,3-4,11-13,16H2,1-2H3. The molecule has 28 heavy (non-hydrogen) atoms. The lowest BCUT2D eigenvalue weighted by atomic mass is 10.1. The van der Waals surface area contributed by atoms with E-state index in [0.29, 0.717) is 19.8 Å². The van der Waals surface area contributed by atoms with Crippen molar-refractivity contribution in [1.82, 2.24) is 9.47 Å². The Balaban J connectivity index is 1.61. The number of benzene rings is 2. The topological polar surface area (TPSA) is 43.7 Å². The van der Waals surface area contributed by atoms with Crippen molar-refractivity contribution in [1.29, 1.82) is 0 Å². The lowest BCUT2D eigenvalue weighted by molar-refractivity contribution is 0.0731. The molecule has 0 spiro atoms. The molecule has 4 rings (SSSR count). The van der Waals surface area contributed by atoms with E-state index < -0.39 is 0 Å². The van der Waals surface area contributed by atoms with Gasteiger partial charge in [0, 0.05) is 31.0 Å². The second-order valence-corrected chi connectivity index (χ2v) is 7.21. The largest absolute Gasteiger partial charge is 0.486 e. The molecular formula is C23H26N2O3. The minimum atomic E-state index is 0.0574. The molecule has 0 radical (unpaired) electrons. The van der Waals surface area contributed by atoms with Crippen molar-refractivity contribution in [3.05, 3.63) is 59.8 Å². The van der Waals surface area contributed by atoms with E-state index in [1.807, 2.05) is 65.0 Å². The van der Waals surface area contributed by atoms with E-state index in [1.165, 1.54) is 0 Å². The Morgan fingerprint density at radius 1 is 1.07 bits per heavy atom. The van der Waals surface area contributed by atoms with Gasteiger partial charge in [-0.15, -0.1) is 0 Å². The predicted molar refractivity (Wildman–Crippen MR) is 110 cm³/mol. The maximum Gasteiger partial charge on any atom is 0.270 e. The zero-order valence-corrected chi connectivity index (χ0v) is 16.5. The summed E-state index contributed by atoms with van der Waals surface area (Å²) < 4.78 is 13.3. The maximum absolute atomic E-state index is 13.4. The quantitative estimate of drug-likeness (QED) is 0.639. The van der Waals surface area contributed by atoms with Gasteiger partial charge in [0.25, 0.3) is 5.91 Å². The fourth-order valence-electron chi connectivity index (χ4n) is 3.66. The number of carbonyl (C=O) groups is 1. The normalized spacial score (nSPS) is 12.9. The van der Waals surface area contributed by atoms with Crippen LogP contribution in [0, 0.1) is 0 Å². The average Bonchev–Trinajstić information content (AvgIpc) is 3.07.